The molecule has 0 amide bonds. The van der Waals surface area contributed by atoms with Crippen LogP contribution in [-0.4, -0.2) is 0 Å². The maximum absolute atomic E-state index is 12.8. The zero-order chi connectivity index (χ0) is 9.14. The van der Waals surface area contributed by atoms with Gasteiger partial charge in [-0.25, -0.2) is 4.39 Å². The smallest absolute Gasteiger partial charge is 0.143 e. The molecule has 2 nitrogen and oxygen atoms in total. The molecule has 1 rings (SSSR count). The van der Waals surface area contributed by atoms with Crippen molar-refractivity contribution >= 4 is 5.69 Å². The van der Waals surface area contributed by atoms with Gasteiger partial charge in [-0.1, -0.05) is 5.92 Å². The highest BCUT2D eigenvalue weighted by Gasteiger charge is 2.04. The number of nitrogen functional groups attached to an aromatic ring is 1. The minimum absolute atomic E-state index is 0.0860. The van der Waals surface area contributed by atoms with Gasteiger partial charge in [-0.2, -0.15) is 5.26 Å². The number of anilines is 1. The molecule has 0 heterocycles. The van der Waals surface area contributed by atoms with E-state index in [9.17, 15) is 4.39 Å². The molecule has 1 aromatic carbocycles. The van der Waals surface area contributed by atoms with Crippen molar-refractivity contribution in [1.29, 1.82) is 5.26 Å². The van der Waals surface area contributed by atoms with E-state index in [0.717, 1.165) is 6.07 Å². The normalized spacial score (nSPS) is 8.58. The molecule has 0 spiro atoms. The van der Waals surface area contributed by atoms with E-state index in [1.54, 1.807) is 6.07 Å². The first-order valence-corrected chi connectivity index (χ1v) is 3.14. The Bertz CT molecular complexity index is 361. The Hall–Kier alpha value is -2.00. The summed E-state index contributed by atoms with van der Waals surface area (Å²) >= 11 is 0. The summed E-state index contributed by atoms with van der Waals surface area (Å²) in [6.07, 6.45) is 5.06. The number of hydrogen-bond donors (Lipinski definition) is 1. The van der Waals surface area contributed by atoms with Crippen molar-refractivity contribution in [2.24, 2.45) is 0 Å². The third-order valence-corrected chi connectivity index (χ3v) is 1.42. The minimum Gasteiger partial charge on any atom is -0.398 e. The lowest BCUT2D eigenvalue weighted by Gasteiger charge is -1.99. The van der Waals surface area contributed by atoms with E-state index in [2.05, 4.69) is 5.92 Å². The monoisotopic (exact) mass is 160 g/mol. The van der Waals surface area contributed by atoms with E-state index in [1.165, 1.54) is 6.07 Å². The summed E-state index contributed by atoms with van der Waals surface area (Å²) in [6, 6.07) is 3.98. The van der Waals surface area contributed by atoms with Crippen molar-refractivity contribution in [2.45, 2.75) is 0 Å². The van der Waals surface area contributed by atoms with Crippen molar-refractivity contribution in [1.82, 2.24) is 0 Å². The van der Waals surface area contributed by atoms with Gasteiger partial charge in [0.2, 0.25) is 0 Å². The standard InChI is InChI=1S/C9H5FN2/c1-2-6-3-7(5-11)8(10)4-9(6)12/h1,3-4H,12H2. The van der Waals surface area contributed by atoms with Crippen LogP contribution in [0.15, 0.2) is 12.1 Å². The van der Waals surface area contributed by atoms with E-state index in [0.29, 0.717) is 5.56 Å². The predicted octanol–water partition coefficient (Wildman–Crippen LogP) is 1.26. The summed E-state index contributed by atoms with van der Waals surface area (Å²) in [5, 5.41) is 8.43. The summed E-state index contributed by atoms with van der Waals surface area (Å²) in [5.74, 6) is 1.61. The number of nitrogens with two attached hydrogens (primary N) is 1. The highest BCUT2D eigenvalue weighted by atomic mass is 19.1. The molecule has 58 valence electrons. The number of halogens is 1. The first-order chi connectivity index (χ1) is 5.69. The van der Waals surface area contributed by atoms with Gasteiger partial charge in [0.1, 0.15) is 11.9 Å². The van der Waals surface area contributed by atoms with E-state index in [4.69, 9.17) is 17.4 Å². The van der Waals surface area contributed by atoms with Gasteiger partial charge in [-0.05, 0) is 12.1 Å². The number of nitrogens with zero attached hydrogens (tertiary/aromatic N) is 1. The summed E-state index contributed by atoms with van der Waals surface area (Å²) in [6.45, 7) is 0. The van der Waals surface area contributed by atoms with Crippen LogP contribution in [0.2, 0.25) is 0 Å². The number of benzene rings is 1. The van der Waals surface area contributed by atoms with Gasteiger partial charge in [0.15, 0.2) is 0 Å². The van der Waals surface area contributed by atoms with Gasteiger partial charge in [-0.15, -0.1) is 6.42 Å². The van der Waals surface area contributed by atoms with Crippen LogP contribution < -0.4 is 5.73 Å². The fraction of sp³-hybridized carbons (Fsp3) is 0. The first-order valence-electron chi connectivity index (χ1n) is 3.14. The fourth-order valence-corrected chi connectivity index (χ4v) is 0.799. The summed E-state index contributed by atoms with van der Waals surface area (Å²) < 4.78 is 12.8. The molecule has 3 heteroatoms. The average Bonchev–Trinajstić information content (AvgIpc) is 2.05. The molecule has 0 atom stereocenters. The molecule has 0 aliphatic rings. The van der Waals surface area contributed by atoms with Crippen LogP contribution in [0.25, 0.3) is 0 Å². The molecule has 0 bridgehead atoms. The molecule has 12 heavy (non-hydrogen) atoms. The minimum atomic E-state index is -0.644. The second kappa shape index (κ2) is 2.94. The van der Waals surface area contributed by atoms with Gasteiger partial charge in [-0.3, -0.25) is 0 Å². The third-order valence-electron chi connectivity index (χ3n) is 1.42. The van der Waals surface area contributed by atoms with Gasteiger partial charge in [0, 0.05) is 5.56 Å². The predicted molar refractivity (Wildman–Crippen MR) is 43.5 cm³/mol. The zero-order valence-electron chi connectivity index (χ0n) is 6.13. The second-order valence-corrected chi connectivity index (χ2v) is 2.18. The topological polar surface area (TPSA) is 49.8 Å². The van der Waals surface area contributed by atoms with Crippen LogP contribution in [0, 0.1) is 29.5 Å². The molecule has 2 N–H and O–H groups in total. The maximum atomic E-state index is 12.8. The molecule has 0 unspecified atom stereocenters. The molecule has 0 aliphatic heterocycles. The van der Waals surface area contributed by atoms with Crippen molar-refractivity contribution in [3.63, 3.8) is 0 Å². The van der Waals surface area contributed by atoms with Crippen LogP contribution >= 0.6 is 0 Å². The zero-order valence-corrected chi connectivity index (χ0v) is 6.13. The van der Waals surface area contributed by atoms with Crippen molar-refractivity contribution in [3.05, 3.63) is 29.1 Å². The number of rotatable bonds is 0. The Kier molecular flexibility index (Phi) is 1.98. The van der Waals surface area contributed by atoms with Crippen LogP contribution in [0.4, 0.5) is 10.1 Å². The van der Waals surface area contributed by atoms with Gasteiger partial charge < -0.3 is 5.73 Å². The number of nitriles is 1. The summed E-state index contributed by atoms with van der Waals surface area (Å²) in [4.78, 5) is 0. The molecule has 1 aromatic rings. The molecule has 0 aliphatic carbocycles. The lowest BCUT2D eigenvalue weighted by atomic mass is 10.1. The molecular weight excluding hydrogens is 155 g/mol. The largest absolute Gasteiger partial charge is 0.398 e. The first kappa shape index (κ1) is 8.10. The Morgan fingerprint density at radius 1 is 1.42 bits per heavy atom. The van der Waals surface area contributed by atoms with E-state index in [-0.39, 0.29) is 11.3 Å². The lowest BCUT2D eigenvalue weighted by molar-refractivity contribution is 0.624. The highest BCUT2D eigenvalue weighted by Crippen LogP contribution is 2.16. The third kappa shape index (κ3) is 1.21. The molecule has 0 aromatic heterocycles. The highest BCUT2D eigenvalue weighted by molar-refractivity contribution is 5.58. The quantitative estimate of drug-likeness (QED) is 0.458. The van der Waals surface area contributed by atoms with Crippen LogP contribution in [0.1, 0.15) is 11.1 Å². The fourth-order valence-electron chi connectivity index (χ4n) is 0.799. The van der Waals surface area contributed by atoms with Crippen molar-refractivity contribution in [2.75, 3.05) is 5.73 Å². The van der Waals surface area contributed by atoms with Crippen LogP contribution in [-0.2, 0) is 0 Å². The van der Waals surface area contributed by atoms with Crippen molar-refractivity contribution in [3.8, 4) is 18.4 Å². The van der Waals surface area contributed by atoms with Gasteiger partial charge in [0.25, 0.3) is 0 Å². The second-order valence-electron chi connectivity index (χ2n) is 2.18. The Labute approximate surface area is 69.4 Å². The number of terminal acetylenes is 1. The van der Waals surface area contributed by atoms with Crippen molar-refractivity contribution < 1.29 is 4.39 Å². The van der Waals surface area contributed by atoms with Gasteiger partial charge in [0.05, 0.1) is 11.3 Å². The summed E-state index contributed by atoms with van der Waals surface area (Å²) in [5.41, 5.74) is 5.79. The lowest BCUT2D eigenvalue weighted by Crippen LogP contribution is -1.94. The number of hydrogen-bond acceptors (Lipinski definition) is 2. The van der Waals surface area contributed by atoms with Gasteiger partial charge >= 0.3 is 0 Å². The SMILES string of the molecule is C#Cc1cc(C#N)c(F)cc1N. The average molecular weight is 160 g/mol. The molecule has 0 fully saturated rings. The Morgan fingerprint density at radius 2 is 2.08 bits per heavy atom. The van der Waals surface area contributed by atoms with E-state index in [1.807, 2.05) is 0 Å². The Balaban J connectivity index is 3.42. The molecule has 0 saturated carbocycles. The molecule has 0 saturated heterocycles. The Morgan fingerprint density at radius 3 is 2.58 bits per heavy atom. The molecular formula is C9H5FN2. The molecule has 0 radical (unpaired) electrons. The van der Waals surface area contributed by atoms with Crippen LogP contribution in [0.3, 0.4) is 0 Å². The van der Waals surface area contributed by atoms with Crippen LogP contribution in [0.5, 0.6) is 0 Å². The van der Waals surface area contributed by atoms with E-state index >= 15 is 0 Å². The maximum Gasteiger partial charge on any atom is 0.143 e. The summed E-state index contributed by atoms with van der Waals surface area (Å²) in [7, 11) is 0. The van der Waals surface area contributed by atoms with E-state index < -0.39 is 5.82 Å².